The van der Waals surface area contributed by atoms with E-state index in [2.05, 4.69) is 0 Å². The lowest BCUT2D eigenvalue weighted by atomic mass is 10.1. The summed E-state index contributed by atoms with van der Waals surface area (Å²) in [5.74, 6) is -1.25. The molecule has 0 aliphatic carbocycles. The molecule has 1 rings (SSSR count). The molecule has 4 heteroatoms. The first kappa shape index (κ1) is 13.9. The Kier molecular flexibility index (Phi) is 5.35. The summed E-state index contributed by atoms with van der Waals surface area (Å²) in [5.41, 5.74) is 0. The summed E-state index contributed by atoms with van der Waals surface area (Å²) in [7, 11) is 0. The van der Waals surface area contributed by atoms with Gasteiger partial charge < -0.3 is 9.84 Å². The monoisotopic (exact) mass is 244 g/mol. The highest BCUT2D eigenvalue weighted by Gasteiger charge is 2.18. The van der Waals surface area contributed by atoms with Crippen molar-refractivity contribution in [1.82, 2.24) is 0 Å². The molecule has 0 fully saturated rings. The van der Waals surface area contributed by atoms with Crippen LogP contribution in [0.1, 0.15) is 33.1 Å². The van der Waals surface area contributed by atoms with Crippen molar-refractivity contribution in [3.05, 3.63) is 29.8 Å². The van der Waals surface area contributed by atoms with Crippen LogP contribution >= 0.6 is 0 Å². The second-order valence-electron chi connectivity index (χ2n) is 4.03. The molecule has 1 aromatic rings. The van der Waals surface area contributed by atoms with Gasteiger partial charge in [-0.15, -0.1) is 0 Å². The predicted octanol–water partition coefficient (Wildman–Crippen LogP) is 3.28. The Labute approximate surface area is 100 Å². The van der Waals surface area contributed by atoms with Gasteiger partial charge in [-0.1, -0.05) is 20.3 Å². The summed E-state index contributed by atoms with van der Waals surface area (Å²) in [5, 5.41) is 9.80. The second-order valence-corrected chi connectivity index (χ2v) is 4.03. The molecule has 0 saturated carbocycles. The molecule has 0 aliphatic rings. The van der Waals surface area contributed by atoms with Crippen molar-refractivity contribution in [3.8, 4) is 5.75 Å². The molecule has 0 spiro atoms. The fourth-order valence-electron chi connectivity index (χ4n) is 1.69. The van der Waals surface area contributed by atoms with Crippen LogP contribution in [0.25, 0.3) is 0 Å². The summed E-state index contributed by atoms with van der Waals surface area (Å²) in [6.45, 7) is 3.82. The van der Waals surface area contributed by atoms with Gasteiger partial charge in [0.1, 0.15) is 23.5 Å². The largest absolute Gasteiger partial charge is 0.488 e. The number of hydrogen-bond acceptors (Lipinski definition) is 2. The van der Waals surface area contributed by atoms with E-state index in [-0.39, 0.29) is 5.75 Å². The Morgan fingerprint density at radius 1 is 1.18 bits per heavy atom. The predicted molar refractivity (Wildman–Crippen MR) is 62.0 cm³/mol. The van der Waals surface area contributed by atoms with Crippen molar-refractivity contribution in [1.29, 1.82) is 0 Å². The highest BCUT2D eigenvalue weighted by molar-refractivity contribution is 5.24. The van der Waals surface area contributed by atoms with Gasteiger partial charge in [0.15, 0.2) is 0 Å². The van der Waals surface area contributed by atoms with Gasteiger partial charge in [0.05, 0.1) is 6.10 Å². The quantitative estimate of drug-likeness (QED) is 0.832. The highest BCUT2D eigenvalue weighted by Crippen LogP contribution is 2.20. The number of benzene rings is 1. The van der Waals surface area contributed by atoms with E-state index in [1.807, 2.05) is 13.8 Å². The van der Waals surface area contributed by atoms with Crippen LogP contribution in [0.4, 0.5) is 8.78 Å². The van der Waals surface area contributed by atoms with Gasteiger partial charge in [0.2, 0.25) is 0 Å². The van der Waals surface area contributed by atoms with Crippen LogP contribution in [0.3, 0.4) is 0 Å². The average molecular weight is 244 g/mol. The van der Waals surface area contributed by atoms with Gasteiger partial charge in [0, 0.05) is 18.2 Å². The lowest BCUT2D eigenvalue weighted by molar-refractivity contribution is 0.0281. The second kappa shape index (κ2) is 6.55. The van der Waals surface area contributed by atoms with E-state index in [0.717, 1.165) is 24.6 Å². The SMILES string of the molecule is CCCC(O)C(CC)Oc1cc(F)cc(F)c1. The molecule has 0 aromatic heterocycles. The maximum Gasteiger partial charge on any atom is 0.129 e. The van der Waals surface area contributed by atoms with Gasteiger partial charge in [-0.2, -0.15) is 0 Å². The van der Waals surface area contributed by atoms with Crippen LogP contribution in [-0.2, 0) is 0 Å². The Bertz CT molecular complexity index is 335. The number of ether oxygens (including phenoxy) is 1. The van der Waals surface area contributed by atoms with Crippen molar-refractivity contribution in [2.24, 2.45) is 0 Å². The first-order valence-electron chi connectivity index (χ1n) is 5.87. The normalized spacial score (nSPS) is 14.4. The Morgan fingerprint density at radius 3 is 2.24 bits per heavy atom. The van der Waals surface area contributed by atoms with Gasteiger partial charge in [-0.3, -0.25) is 0 Å². The minimum atomic E-state index is -0.681. The molecule has 0 saturated heterocycles. The van der Waals surface area contributed by atoms with E-state index in [4.69, 9.17) is 4.74 Å². The summed E-state index contributed by atoms with van der Waals surface area (Å²) in [6, 6.07) is 3.02. The Hall–Kier alpha value is -1.16. The maximum atomic E-state index is 12.9. The number of halogens is 2. The van der Waals surface area contributed by atoms with Crippen molar-refractivity contribution in [3.63, 3.8) is 0 Å². The van der Waals surface area contributed by atoms with E-state index in [0.29, 0.717) is 12.8 Å². The van der Waals surface area contributed by atoms with Crippen molar-refractivity contribution >= 4 is 0 Å². The fraction of sp³-hybridized carbons (Fsp3) is 0.538. The van der Waals surface area contributed by atoms with E-state index < -0.39 is 23.8 Å². The first-order valence-corrected chi connectivity index (χ1v) is 5.87. The van der Waals surface area contributed by atoms with Crippen LogP contribution in [0.5, 0.6) is 5.75 Å². The van der Waals surface area contributed by atoms with Crippen LogP contribution in [0, 0.1) is 11.6 Å². The summed E-state index contributed by atoms with van der Waals surface area (Å²) >= 11 is 0. The van der Waals surface area contributed by atoms with Gasteiger partial charge in [-0.25, -0.2) is 8.78 Å². The van der Waals surface area contributed by atoms with Crippen molar-refractivity contribution < 1.29 is 18.6 Å². The standard InChI is InChI=1S/C13H18F2O2/c1-3-5-12(16)13(4-2)17-11-7-9(14)6-10(15)8-11/h6-8,12-13,16H,3-5H2,1-2H3. The van der Waals surface area contributed by atoms with Gasteiger partial charge in [0.25, 0.3) is 0 Å². The smallest absolute Gasteiger partial charge is 0.129 e. The van der Waals surface area contributed by atoms with Crippen LogP contribution < -0.4 is 4.74 Å². The molecule has 0 aliphatic heterocycles. The number of aliphatic hydroxyl groups is 1. The molecule has 1 aromatic carbocycles. The molecule has 1 N–H and O–H groups in total. The van der Waals surface area contributed by atoms with E-state index in [1.165, 1.54) is 0 Å². The average Bonchev–Trinajstić information content (AvgIpc) is 2.24. The lowest BCUT2D eigenvalue weighted by Crippen LogP contribution is -2.31. The third-order valence-electron chi connectivity index (χ3n) is 2.54. The first-order chi connectivity index (χ1) is 8.06. The van der Waals surface area contributed by atoms with E-state index >= 15 is 0 Å². The lowest BCUT2D eigenvalue weighted by Gasteiger charge is -2.22. The molecule has 2 nitrogen and oxygen atoms in total. The fourth-order valence-corrected chi connectivity index (χ4v) is 1.69. The molecule has 0 amide bonds. The minimum absolute atomic E-state index is 0.115. The van der Waals surface area contributed by atoms with Crippen molar-refractivity contribution in [2.75, 3.05) is 0 Å². The van der Waals surface area contributed by atoms with Gasteiger partial charge in [-0.05, 0) is 12.8 Å². The summed E-state index contributed by atoms with van der Waals surface area (Å²) < 4.78 is 31.3. The zero-order chi connectivity index (χ0) is 12.8. The van der Waals surface area contributed by atoms with Crippen LogP contribution in [0.2, 0.25) is 0 Å². The number of rotatable bonds is 6. The molecule has 2 atom stereocenters. The molecule has 0 radical (unpaired) electrons. The van der Waals surface area contributed by atoms with Crippen LogP contribution in [0.15, 0.2) is 18.2 Å². The molecule has 96 valence electrons. The topological polar surface area (TPSA) is 29.5 Å². The van der Waals surface area contributed by atoms with E-state index in [9.17, 15) is 13.9 Å². The zero-order valence-corrected chi connectivity index (χ0v) is 10.1. The molecule has 0 bridgehead atoms. The van der Waals surface area contributed by atoms with E-state index in [1.54, 1.807) is 0 Å². The summed E-state index contributed by atoms with van der Waals surface area (Å²) in [4.78, 5) is 0. The Balaban J connectivity index is 2.73. The molecule has 2 unspecified atom stereocenters. The molecular weight excluding hydrogens is 226 g/mol. The maximum absolute atomic E-state index is 12.9. The third-order valence-corrected chi connectivity index (χ3v) is 2.54. The minimum Gasteiger partial charge on any atom is -0.488 e. The number of hydrogen-bond donors (Lipinski definition) is 1. The van der Waals surface area contributed by atoms with Gasteiger partial charge >= 0.3 is 0 Å². The zero-order valence-electron chi connectivity index (χ0n) is 10.1. The molecule has 17 heavy (non-hydrogen) atoms. The molecular formula is C13H18F2O2. The summed E-state index contributed by atoms with van der Waals surface area (Å²) in [6.07, 6.45) is 0.973. The molecule has 0 heterocycles. The van der Waals surface area contributed by atoms with Crippen molar-refractivity contribution in [2.45, 2.75) is 45.3 Å². The highest BCUT2D eigenvalue weighted by atomic mass is 19.1. The van der Waals surface area contributed by atoms with Crippen LogP contribution in [-0.4, -0.2) is 17.3 Å². The third kappa shape index (κ3) is 4.30. The Morgan fingerprint density at radius 2 is 1.76 bits per heavy atom. The number of aliphatic hydroxyl groups excluding tert-OH is 1.